The van der Waals surface area contributed by atoms with E-state index in [0.29, 0.717) is 33.7 Å². The summed E-state index contributed by atoms with van der Waals surface area (Å²) in [5, 5.41) is 4.84. The van der Waals surface area contributed by atoms with Gasteiger partial charge in [0.05, 0.1) is 20.3 Å². The van der Waals surface area contributed by atoms with Gasteiger partial charge in [0.15, 0.2) is 11.5 Å². The van der Waals surface area contributed by atoms with E-state index in [0.717, 1.165) is 23.4 Å². The number of hydrogen-bond acceptors (Lipinski definition) is 4. The van der Waals surface area contributed by atoms with Gasteiger partial charge in [0, 0.05) is 33.5 Å². The van der Waals surface area contributed by atoms with Crippen LogP contribution in [0.25, 0.3) is 0 Å². The number of benzene rings is 3. The van der Waals surface area contributed by atoms with Gasteiger partial charge in [0.2, 0.25) is 0 Å². The van der Waals surface area contributed by atoms with Gasteiger partial charge in [-0.25, -0.2) is 0 Å². The molecular formula is C24H22Cl2N2O3. The monoisotopic (exact) mass is 456 g/mol. The second-order valence-corrected chi connectivity index (χ2v) is 8.10. The molecule has 0 fully saturated rings. The molecular weight excluding hydrogens is 435 g/mol. The Morgan fingerprint density at radius 3 is 2.35 bits per heavy atom. The van der Waals surface area contributed by atoms with Crippen LogP contribution in [0.5, 0.6) is 11.5 Å². The van der Waals surface area contributed by atoms with Crippen LogP contribution >= 0.6 is 23.2 Å². The predicted octanol–water partition coefficient (Wildman–Crippen LogP) is 6.21. The number of fused-ring (bicyclic) bond motifs is 1. The molecule has 7 heteroatoms. The molecule has 160 valence electrons. The van der Waals surface area contributed by atoms with Gasteiger partial charge in [-0.2, -0.15) is 0 Å². The van der Waals surface area contributed by atoms with Gasteiger partial charge in [-0.05, 0) is 72.6 Å². The van der Waals surface area contributed by atoms with E-state index < -0.39 is 0 Å². The minimum atomic E-state index is -0.102. The average molecular weight is 457 g/mol. The summed E-state index contributed by atoms with van der Waals surface area (Å²) >= 11 is 12.3. The number of rotatable bonds is 5. The lowest BCUT2D eigenvalue weighted by Crippen LogP contribution is -2.38. The summed E-state index contributed by atoms with van der Waals surface area (Å²) in [6.07, 6.45) is 0.731. The van der Waals surface area contributed by atoms with E-state index in [1.165, 1.54) is 0 Å². The molecule has 3 aromatic carbocycles. The molecule has 1 aliphatic heterocycles. The number of methoxy groups -OCH3 is 2. The third-order valence-corrected chi connectivity index (χ3v) is 5.85. The smallest absolute Gasteiger partial charge is 0.258 e. The van der Waals surface area contributed by atoms with E-state index >= 15 is 0 Å². The fourth-order valence-electron chi connectivity index (χ4n) is 3.82. The zero-order valence-electron chi connectivity index (χ0n) is 17.2. The molecule has 1 heterocycles. The standard InChI is InChI=1S/C24H22Cl2N2O3/c1-30-22-10-3-15(13-23(22)31-2)24(29)28-12-11-20(19-14-17(26)6-9-21(19)28)27-18-7-4-16(25)5-8-18/h3-10,13-14,20,27H,11-12H2,1-2H3. The van der Waals surface area contributed by atoms with Crippen molar-refractivity contribution in [3.63, 3.8) is 0 Å². The first kappa shape index (κ1) is 21.3. The Morgan fingerprint density at radius 1 is 0.935 bits per heavy atom. The second-order valence-electron chi connectivity index (χ2n) is 7.22. The third kappa shape index (κ3) is 4.43. The number of ether oxygens (including phenoxy) is 2. The van der Waals surface area contributed by atoms with Crippen molar-refractivity contribution in [1.82, 2.24) is 0 Å². The Balaban J connectivity index is 1.65. The lowest BCUT2D eigenvalue weighted by molar-refractivity contribution is 0.0984. The Hall–Kier alpha value is -2.89. The van der Waals surface area contributed by atoms with Crippen LogP contribution in [-0.4, -0.2) is 26.7 Å². The third-order valence-electron chi connectivity index (χ3n) is 5.36. The highest BCUT2D eigenvalue weighted by atomic mass is 35.5. The minimum absolute atomic E-state index is 0.0179. The number of hydrogen-bond donors (Lipinski definition) is 1. The molecule has 0 bridgehead atoms. The lowest BCUT2D eigenvalue weighted by Gasteiger charge is -2.35. The average Bonchev–Trinajstić information content (AvgIpc) is 2.79. The van der Waals surface area contributed by atoms with Gasteiger partial charge in [0.1, 0.15) is 0 Å². The van der Waals surface area contributed by atoms with E-state index in [9.17, 15) is 4.79 Å². The summed E-state index contributed by atoms with van der Waals surface area (Å²) in [6.45, 7) is 0.563. The maximum atomic E-state index is 13.4. The van der Waals surface area contributed by atoms with E-state index in [-0.39, 0.29) is 11.9 Å². The molecule has 5 nitrogen and oxygen atoms in total. The van der Waals surface area contributed by atoms with Crippen LogP contribution < -0.4 is 19.7 Å². The van der Waals surface area contributed by atoms with Crippen molar-refractivity contribution in [3.05, 3.63) is 81.8 Å². The van der Waals surface area contributed by atoms with Crippen LogP contribution in [0, 0.1) is 0 Å². The van der Waals surface area contributed by atoms with Gasteiger partial charge in [-0.15, -0.1) is 0 Å². The molecule has 1 unspecified atom stereocenters. The Morgan fingerprint density at radius 2 is 1.65 bits per heavy atom. The number of carbonyl (C=O) groups is 1. The van der Waals surface area contributed by atoms with E-state index in [1.807, 2.05) is 36.4 Å². The highest BCUT2D eigenvalue weighted by Crippen LogP contribution is 2.39. The number of anilines is 2. The van der Waals surface area contributed by atoms with Gasteiger partial charge >= 0.3 is 0 Å². The molecule has 31 heavy (non-hydrogen) atoms. The quantitative estimate of drug-likeness (QED) is 0.495. The lowest BCUT2D eigenvalue weighted by atomic mass is 9.95. The summed E-state index contributed by atoms with van der Waals surface area (Å²) in [6, 6.07) is 18.4. The van der Waals surface area contributed by atoms with Crippen molar-refractivity contribution in [2.24, 2.45) is 0 Å². The largest absolute Gasteiger partial charge is 0.493 e. The number of halogens is 2. The van der Waals surface area contributed by atoms with Crippen LogP contribution in [-0.2, 0) is 0 Å². The highest BCUT2D eigenvalue weighted by molar-refractivity contribution is 6.31. The van der Waals surface area contributed by atoms with Crippen LogP contribution in [0.15, 0.2) is 60.7 Å². The first-order valence-corrected chi connectivity index (χ1v) is 10.6. The SMILES string of the molecule is COc1ccc(C(=O)N2CCC(Nc3ccc(Cl)cc3)c3cc(Cl)ccc32)cc1OC. The Bertz CT molecular complexity index is 1100. The van der Waals surface area contributed by atoms with Crippen molar-refractivity contribution in [1.29, 1.82) is 0 Å². The fourth-order valence-corrected chi connectivity index (χ4v) is 4.12. The van der Waals surface area contributed by atoms with Gasteiger partial charge in [-0.3, -0.25) is 4.79 Å². The predicted molar refractivity (Wildman–Crippen MR) is 125 cm³/mol. The van der Waals surface area contributed by atoms with Gasteiger partial charge in [0.25, 0.3) is 5.91 Å². The van der Waals surface area contributed by atoms with Crippen molar-refractivity contribution in [2.45, 2.75) is 12.5 Å². The first-order valence-electron chi connectivity index (χ1n) is 9.85. The zero-order chi connectivity index (χ0) is 22.0. The molecule has 0 aromatic heterocycles. The molecule has 4 rings (SSSR count). The maximum Gasteiger partial charge on any atom is 0.258 e. The van der Waals surface area contributed by atoms with Crippen molar-refractivity contribution < 1.29 is 14.3 Å². The number of nitrogens with one attached hydrogen (secondary N) is 1. The molecule has 1 amide bonds. The topological polar surface area (TPSA) is 50.8 Å². The molecule has 3 aromatic rings. The molecule has 1 aliphatic rings. The van der Waals surface area contributed by atoms with E-state index in [1.54, 1.807) is 43.4 Å². The van der Waals surface area contributed by atoms with Crippen LogP contribution in [0.4, 0.5) is 11.4 Å². The normalized spacial score (nSPS) is 15.2. The summed E-state index contributed by atoms with van der Waals surface area (Å²) in [5.41, 5.74) is 3.30. The van der Waals surface area contributed by atoms with E-state index in [4.69, 9.17) is 32.7 Å². The van der Waals surface area contributed by atoms with Crippen LogP contribution in [0.1, 0.15) is 28.4 Å². The number of amides is 1. The highest BCUT2D eigenvalue weighted by Gasteiger charge is 2.30. The summed E-state index contributed by atoms with van der Waals surface area (Å²) in [4.78, 5) is 15.2. The van der Waals surface area contributed by atoms with Gasteiger partial charge < -0.3 is 19.7 Å². The first-order chi connectivity index (χ1) is 15.0. The summed E-state index contributed by atoms with van der Waals surface area (Å²) < 4.78 is 10.6. The minimum Gasteiger partial charge on any atom is -0.493 e. The molecule has 0 spiro atoms. The number of nitrogens with zero attached hydrogens (tertiary/aromatic N) is 1. The second kappa shape index (κ2) is 9.08. The molecule has 0 saturated heterocycles. The zero-order valence-corrected chi connectivity index (χ0v) is 18.7. The molecule has 0 saturated carbocycles. The Labute approximate surface area is 191 Å². The van der Waals surface area contributed by atoms with Crippen molar-refractivity contribution in [2.75, 3.05) is 31.0 Å². The molecule has 1 N–H and O–H groups in total. The van der Waals surface area contributed by atoms with Crippen molar-refractivity contribution >= 4 is 40.5 Å². The number of carbonyl (C=O) groups excluding carboxylic acids is 1. The summed E-state index contributed by atoms with van der Waals surface area (Å²) in [7, 11) is 3.12. The molecule has 0 aliphatic carbocycles. The van der Waals surface area contributed by atoms with Crippen LogP contribution in [0.3, 0.4) is 0 Å². The molecule has 1 atom stereocenters. The van der Waals surface area contributed by atoms with Crippen LogP contribution in [0.2, 0.25) is 10.0 Å². The maximum absolute atomic E-state index is 13.4. The molecule has 0 radical (unpaired) electrons. The fraction of sp³-hybridized carbons (Fsp3) is 0.208. The van der Waals surface area contributed by atoms with Gasteiger partial charge in [-0.1, -0.05) is 23.2 Å². The summed E-state index contributed by atoms with van der Waals surface area (Å²) in [5.74, 6) is 0.996. The Kier molecular flexibility index (Phi) is 6.25. The van der Waals surface area contributed by atoms with Crippen molar-refractivity contribution in [3.8, 4) is 11.5 Å². The van der Waals surface area contributed by atoms with E-state index in [2.05, 4.69) is 5.32 Å².